The average Bonchev–Trinajstić information content (AvgIpc) is 2.18. The lowest BCUT2D eigenvalue weighted by Crippen LogP contribution is -2.22. The molecule has 1 nitrogen and oxygen atoms in total. The molecule has 1 aliphatic rings. The highest BCUT2D eigenvalue weighted by Gasteiger charge is 2.24. The molecule has 3 heteroatoms. The molecule has 0 aromatic rings. The van der Waals surface area contributed by atoms with Crippen LogP contribution >= 0.6 is 11.6 Å². The topological polar surface area (TPSA) is 17.1 Å². The van der Waals surface area contributed by atoms with Crippen LogP contribution in [0.2, 0.25) is 0 Å². The van der Waals surface area contributed by atoms with E-state index in [-0.39, 0.29) is 17.8 Å². The van der Waals surface area contributed by atoms with E-state index in [0.29, 0.717) is 25.2 Å². The lowest BCUT2D eigenvalue weighted by atomic mass is 9.85. The number of carbonyl (C=O) groups excluding carboxylic acids is 1. The predicted molar refractivity (Wildman–Crippen MR) is 56.4 cm³/mol. The molecule has 2 unspecified atom stereocenters. The first-order valence-corrected chi connectivity index (χ1v) is 5.89. The first-order chi connectivity index (χ1) is 6.74. The molecule has 1 saturated carbocycles. The van der Waals surface area contributed by atoms with Gasteiger partial charge in [-0.25, -0.2) is 0 Å². The Balaban J connectivity index is 2.23. The van der Waals surface area contributed by atoms with Crippen LogP contribution in [0.4, 0.5) is 4.39 Å². The molecule has 0 radical (unpaired) electrons. The molecule has 14 heavy (non-hydrogen) atoms. The van der Waals surface area contributed by atoms with E-state index in [4.69, 9.17) is 11.6 Å². The Bertz CT molecular complexity index is 184. The largest absolute Gasteiger partial charge is 0.300 e. The maximum atomic E-state index is 11.8. The number of ketones is 1. The van der Waals surface area contributed by atoms with Crippen LogP contribution in [-0.4, -0.2) is 17.8 Å². The summed E-state index contributed by atoms with van der Waals surface area (Å²) < 4.78 is 11.8. The molecular formula is C11H18ClFO. The van der Waals surface area contributed by atoms with E-state index in [1.54, 1.807) is 0 Å². The molecule has 0 saturated heterocycles. The van der Waals surface area contributed by atoms with Gasteiger partial charge in [0.05, 0.1) is 6.67 Å². The molecule has 0 aromatic carbocycles. The number of hydrogen-bond donors (Lipinski definition) is 0. The summed E-state index contributed by atoms with van der Waals surface area (Å²) in [6, 6.07) is 0. The van der Waals surface area contributed by atoms with Crippen molar-refractivity contribution in [1.29, 1.82) is 0 Å². The molecule has 1 rings (SSSR count). The highest BCUT2D eigenvalue weighted by atomic mass is 35.5. The maximum Gasteiger partial charge on any atom is 0.133 e. The zero-order chi connectivity index (χ0) is 10.4. The quantitative estimate of drug-likeness (QED) is 0.649. The van der Waals surface area contributed by atoms with Gasteiger partial charge in [-0.3, -0.25) is 9.18 Å². The smallest absolute Gasteiger partial charge is 0.133 e. The molecule has 0 N–H and O–H groups in total. The lowest BCUT2D eigenvalue weighted by molar-refractivity contribution is -0.120. The van der Waals surface area contributed by atoms with E-state index in [1.165, 1.54) is 12.8 Å². The summed E-state index contributed by atoms with van der Waals surface area (Å²) in [5, 5.41) is 0.165. The normalized spacial score (nSPS) is 27.6. The highest BCUT2D eigenvalue weighted by molar-refractivity contribution is 6.20. The van der Waals surface area contributed by atoms with Crippen LogP contribution in [0.25, 0.3) is 0 Å². The van der Waals surface area contributed by atoms with Crippen molar-refractivity contribution < 1.29 is 9.18 Å². The van der Waals surface area contributed by atoms with E-state index in [9.17, 15) is 9.18 Å². The number of Topliss-reactive ketones (excluding diaryl/α,β-unsaturated/α-hetero) is 1. The number of rotatable bonds is 5. The third-order valence-corrected chi connectivity index (χ3v) is 3.47. The average molecular weight is 221 g/mol. The molecule has 0 spiro atoms. The van der Waals surface area contributed by atoms with Crippen molar-refractivity contribution in [3.63, 3.8) is 0 Å². The minimum absolute atomic E-state index is 0.165. The minimum Gasteiger partial charge on any atom is -0.300 e. The van der Waals surface area contributed by atoms with Crippen LogP contribution in [0.1, 0.15) is 44.9 Å². The van der Waals surface area contributed by atoms with E-state index >= 15 is 0 Å². The molecule has 1 aliphatic carbocycles. The molecular weight excluding hydrogens is 203 g/mol. The zero-order valence-electron chi connectivity index (χ0n) is 8.48. The van der Waals surface area contributed by atoms with Gasteiger partial charge in [0, 0.05) is 18.2 Å². The van der Waals surface area contributed by atoms with E-state index in [2.05, 4.69) is 0 Å². The fraction of sp³-hybridized carbons (Fsp3) is 0.909. The molecule has 0 aliphatic heterocycles. The summed E-state index contributed by atoms with van der Waals surface area (Å²) in [7, 11) is 0. The van der Waals surface area contributed by atoms with Gasteiger partial charge in [0.15, 0.2) is 0 Å². The van der Waals surface area contributed by atoms with Crippen LogP contribution in [0.5, 0.6) is 0 Å². The fourth-order valence-corrected chi connectivity index (χ4v) is 2.42. The Morgan fingerprint density at radius 2 is 2.07 bits per heavy atom. The van der Waals surface area contributed by atoms with Crippen molar-refractivity contribution in [1.82, 2.24) is 0 Å². The van der Waals surface area contributed by atoms with Crippen molar-refractivity contribution in [2.24, 2.45) is 5.92 Å². The highest BCUT2D eigenvalue weighted by Crippen LogP contribution is 2.31. The Labute approximate surface area is 90.0 Å². The maximum absolute atomic E-state index is 11.8. The Morgan fingerprint density at radius 3 is 2.71 bits per heavy atom. The van der Waals surface area contributed by atoms with Crippen molar-refractivity contribution in [3.05, 3.63) is 0 Å². The Morgan fingerprint density at radius 1 is 1.36 bits per heavy atom. The summed E-state index contributed by atoms with van der Waals surface area (Å²) in [6.45, 7) is -0.388. The standard InChI is InChI=1S/C11H18ClFO/c12-11-6-2-1-4-9(11)8-10(14)5-3-7-13/h9,11H,1-8H2. The van der Waals surface area contributed by atoms with Crippen molar-refractivity contribution in [3.8, 4) is 0 Å². The fourth-order valence-electron chi connectivity index (χ4n) is 2.05. The Kier molecular flexibility index (Phi) is 5.46. The molecule has 0 bridgehead atoms. The van der Waals surface area contributed by atoms with Crippen LogP contribution in [-0.2, 0) is 4.79 Å². The van der Waals surface area contributed by atoms with Gasteiger partial charge in [-0.05, 0) is 25.2 Å². The lowest BCUT2D eigenvalue weighted by Gasteiger charge is -2.26. The first kappa shape index (κ1) is 12.0. The van der Waals surface area contributed by atoms with Crippen molar-refractivity contribution in [2.45, 2.75) is 50.3 Å². The SMILES string of the molecule is O=C(CCCF)CC1CCCCC1Cl. The molecule has 1 fully saturated rings. The van der Waals surface area contributed by atoms with Gasteiger partial charge in [-0.2, -0.15) is 0 Å². The van der Waals surface area contributed by atoms with Crippen LogP contribution in [0.15, 0.2) is 0 Å². The number of carbonyl (C=O) groups is 1. The first-order valence-electron chi connectivity index (χ1n) is 5.45. The van der Waals surface area contributed by atoms with E-state index in [1.807, 2.05) is 0 Å². The van der Waals surface area contributed by atoms with E-state index in [0.717, 1.165) is 12.8 Å². The second-order valence-corrected chi connectivity index (χ2v) is 4.66. The summed E-state index contributed by atoms with van der Waals surface area (Å²) in [4.78, 5) is 11.4. The summed E-state index contributed by atoms with van der Waals surface area (Å²) in [5.41, 5.74) is 0. The van der Waals surface area contributed by atoms with Crippen molar-refractivity contribution in [2.75, 3.05) is 6.67 Å². The number of halogens is 2. The third-order valence-electron chi connectivity index (χ3n) is 2.90. The zero-order valence-corrected chi connectivity index (χ0v) is 9.23. The predicted octanol–water partition coefficient (Wildman–Crippen LogP) is 3.49. The van der Waals surface area contributed by atoms with Gasteiger partial charge in [-0.1, -0.05) is 12.8 Å². The molecule has 0 heterocycles. The van der Waals surface area contributed by atoms with E-state index < -0.39 is 0 Å². The summed E-state index contributed by atoms with van der Waals surface area (Å²) in [6.07, 6.45) is 5.79. The molecule has 2 atom stereocenters. The van der Waals surface area contributed by atoms with Gasteiger partial charge >= 0.3 is 0 Å². The summed E-state index contributed by atoms with van der Waals surface area (Å²) >= 11 is 6.13. The van der Waals surface area contributed by atoms with Crippen LogP contribution < -0.4 is 0 Å². The van der Waals surface area contributed by atoms with Gasteiger partial charge < -0.3 is 0 Å². The molecule has 0 amide bonds. The van der Waals surface area contributed by atoms with Gasteiger partial charge in [-0.15, -0.1) is 11.6 Å². The number of hydrogen-bond acceptors (Lipinski definition) is 1. The Hall–Kier alpha value is -0.110. The molecule has 0 aromatic heterocycles. The molecule has 82 valence electrons. The monoisotopic (exact) mass is 220 g/mol. The van der Waals surface area contributed by atoms with Crippen LogP contribution in [0, 0.1) is 5.92 Å². The van der Waals surface area contributed by atoms with Crippen LogP contribution in [0.3, 0.4) is 0 Å². The van der Waals surface area contributed by atoms with Crippen molar-refractivity contribution >= 4 is 17.4 Å². The second kappa shape index (κ2) is 6.39. The van der Waals surface area contributed by atoms with Gasteiger partial charge in [0.1, 0.15) is 5.78 Å². The second-order valence-electron chi connectivity index (χ2n) is 4.10. The third kappa shape index (κ3) is 3.95. The number of alkyl halides is 2. The summed E-state index contributed by atoms with van der Waals surface area (Å²) in [5.74, 6) is 0.526. The van der Waals surface area contributed by atoms with Gasteiger partial charge in [0.2, 0.25) is 0 Å². The van der Waals surface area contributed by atoms with Gasteiger partial charge in [0.25, 0.3) is 0 Å². The minimum atomic E-state index is -0.388.